The first-order chi connectivity index (χ1) is 17.8. The number of aromatic carboxylic acids is 1. The van der Waals surface area contributed by atoms with Gasteiger partial charge in [-0.25, -0.2) is 9.37 Å². The number of nitrogens with zero attached hydrogens (tertiary/aromatic N) is 2. The zero-order valence-electron chi connectivity index (χ0n) is 19.9. The number of nitro benzene ring substituents is 1. The molecule has 0 saturated carbocycles. The molecule has 0 bridgehead atoms. The van der Waals surface area contributed by atoms with Crippen LogP contribution in [-0.2, 0) is 6.54 Å². The lowest BCUT2D eigenvalue weighted by atomic mass is 9.92. The zero-order chi connectivity index (χ0) is 26.1. The van der Waals surface area contributed by atoms with Gasteiger partial charge in [0, 0.05) is 28.2 Å². The average Bonchev–Trinajstić information content (AvgIpc) is 2.89. The first-order valence-corrected chi connectivity index (χ1v) is 11.7. The molecule has 5 rings (SSSR count). The molecule has 0 saturated heterocycles. The maximum atomic E-state index is 13.2. The number of carboxylic acid groups (broad SMARTS) is 1. The van der Waals surface area contributed by atoms with Crippen molar-refractivity contribution < 1.29 is 28.9 Å². The van der Waals surface area contributed by atoms with E-state index in [0.717, 1.165) is 17.0 Å². The molecule has 37 heavy (non-hydrogen) atoms. The lowest BCUT2D eigenvalue weighted by molar-refractivity contribution is -0.905. The minimum atomic E-state index is -1.26. The summed E-state index contributed by atoms with van der Waals surface area (Å²) in [6.07, 6.45) is 1.79. The number of quaternary nitrogens is 1. The Morgan fingerprint density at radius 3 is 2.59 bits per heavy atom. The number of ether oxygens (including phenoxy) is 1. The van der Waals surface area contributed by atoms with Crippen molar-refractivity contribution in [3.05, 3.63) is 105 Å². The van der Waals surface area contributed by atoms with E-state index in [2.05, 4.69) is 0 Å². The highest BCUT2D eigenvalue weighted by atomic mass is 19.1. The molecule has 9 heteroatoms. The number of fused-ring (bicyclic) bond motifs is 2. The molecule has 8 nitrogen and oxygen atoms in total. The van der Waals surface area contributed by atoms with Crippen LogP contribution in [0, 0.1) is 15.9 Å². The Kier molecular flexibility index (Phi) is 6.37. The van der Waals surface area contributed by atoms with Crippen LogP contribution in [0.1, 0.15) is 34.1 Å². The molecular formula is C28H22FN3O5. The number of pyridine rings is 1. The van der Waals surface area contributed by atoms with E-state index in [0.29, 0.717) is 40.8 Å². The van der Waals surface area contributed by atoms with Gasteiger partial charge in [0.15, 0.2) is 0 Å². The van der Waals surface area contributed by atoms with Gasteiger partial charge in [-0.1, -0.05) is 24.3 Å². The summed E-state index contributed by atoms with van der Waals surface area (Å²) in [5, 5.41) is 24.5. The molecule has 3 aromatic carbocycles. The topological polar surface area (TPSA) is 110 Å². The highest BCUT2D eigenvalue weighted by Crippen LogP contribution is 2.34. The van der Waals surface area contributed by atoms with E-state index >= 15 is 0 Å². The van der Waals surface area contributed by atoms with E-state index in [1.807, 2.05) is 6.92 Å². The quantitative estimate of drug-likeness (QED) is 0.322. The number of benzene rings is 3. The van der Waals surface area contributed by atoms with Crippen LogP contribution in [0.25, 0.3) is 22.6 Å². The van der Waals surface area contributed by atoms with Crippen LogP contribution in [0.4, 0.5) is 10.1 Å². The lowest BCUT2D eigenvalue weighted by Gasteiger charge is -2.29. The molecule has 0 spiro atoms. The van der Waals surface area contributed by atoms with Gasteiger partial charge in [0.2, 0.25) is 5.75 Å². The van der Waals surface area contributed by atoms with Gasteiger partial charge < -0.3 is 19.5 Å². The van der Waals surface area contributed by atoms with Crippen LogP contribution in [0.3, 0.4) is 0 Å². The number of nitrogens with one attached hydrogen (secondary N) is 1. The second-order valence-electron chi connectivity index (χ2n) is 8.79. The first-order valence-electron chi connectivity index (χ1n) is 11.7. The largest absolute Gasteiger partial charge is 0.545 e. The minimum Gasteiger partial charge on any atom is -0.545 e. The van der Waals surface area contributed by atoms with Gasteiger partial charge in [-0.2, -0.15) is 0 Å². The third-order valence-electron chi connectivity index (χ3n) is 6.43. The fourth-order valence-electron chi connectivity index (χ4n) is 4.64. The summed E-state index contributed by atoms with van der Waals surface area (Å²) in [7, 11) is 0. The maximum Gasteiger partial charge on any atom is 0.312 e. The van der Waals surface area contributed by atoms with Gasteiger partial charge in [-0.3, -0.25) is 10.1 Å². The Bertz CT molecular complexity index is 1570. The van der Waals surface area contributed by atoms with Gasteiger partial charge in [-0.15, -0.1) is 0 Å². The number of carboxylic acids is 1. The fourth-order valence-corrected chi connectivity index (χ4v) is 4.64. The van der Waals surface area contributed by atoms with Crippen molar-refractivity contribution in [3.63, 3.8) is 0 Å². The van der Waals surface area contributed by atoms with Crippen LogP contribution in [0.2, 0.25) is 0 Å². The molecule has 0 aliphatic carbocycles. The van der Waals surface area contributed by atoms with E-state index < -0.39 is 16.7 Å². The Morgan fingerprint density at radius 1 is 1.14 bits per heavy atom. The highest BCUT2D eigenvalue weighted by Gasteiger charge is 2.28. The van der Waals surface area contributed by atoms with E-state index in [4.69, 9.17) is 9.72 Å². The Balaban J connectivity index is 1.61. The lowest BCUT2D eigenvalue weighted by Crippen LogP contribution is -3.11. The van der Waals surface area contributed by atoms with Crippen molar-refractivity contribution in [1.82, 2.24) is 4.98 Å². The zero-order valence-corrected chi connectivity index (χ0v) is 19.9. The summed E-state index contributed by atoms with van der Waals surface area (Å²) >= 11 is 0. The van der Waals surface area contributed by atoms with Crippen molar-refractivity contribution >= 4 is 34.2 Å². The summed E-state index contributed by atoms with van der Waals surface area (Å²) in [6, 6.07) is 16.8. The molecule has 0 fully saturated rings. The second-order valence-corrected chi connectivity index (χ2v) is 8.79. The van der Waals surface area contributed by atoms with Crippen LogP contribution in [0.15, 0.2) is 66.7 Å². The van der Waals surface area contributed by atoms with E-state index in [1.54, 1.807) is 36.4 Å². The number of hydrogen-bond donors (Lipinski definition) is 1. The molecule has 186 valence electrons. The number of hydrogen-bond acceptors (Lipinski definition) is 6. The summed E-state index contributed by atoms with van der Waals surface area (Å²) < 4.78 is 18.8. The summed E-state index contributed by atoms with van der Waals surface area (Å²) in [5.74, 6) is -1.41. The van der Waals surface area contributed by atoms with Crippen molar-refractivity contribution in [2.75, 3.05) is 13.1 Å². The van der Waals surface area contributed by atoms with Gasteiger partial charge in [0.25, 0.3) is 0 Å². The number of carbonyl (C=O) groups excluding carboxylic acids is 1. The first kappa shape index (κ1) is 24.1. The van der Waals surface area contributed by atoms with E-state index in [1.165, 1.54) is 36.4 Å². The Morgan fingerprint density at radius 2 is 1.89 bits per heavy atom. The maximum absolute atomic E-state index is 13.2. The second kappa shape index (κ2) is 9.79. The van der Waals surface area contributed by atoms with Crippen LogP contribution < -0.4 is 14.7 Å². The molecule has 1 unspecified atom stereocenters. The normalized spacial score (nSPS) is 15.9. The third kappa shape index (κ3) is 4.76. The van der Waals surface area contributed by atoms with Gasteiger partial charge >= 0.3 is 5.69 Å². The van der Waals surface area contributed by atoms with E-state index in [-0.39, 0.29) is 22.7 Å². The van der Waals surface area contributed by atoms with Crippen molar-refractivity contribution in [2.45, 2.75) is 13.5 Å². The van der Waals surface area contributed by atoms with E-state index in [9.17, 15) is 24.4 Å². The number of nitro groups is 1. The summed E-state index contributed by atoms with van der Waals surface area (Å²) in [5.41, 5.74) is 2.89. The predicted molar refractivity (Wildman–Crippen MR) is 134 cm³/mol. The van der Waals surface area contributed by atoms with Crippen LogP contribution in [-0.4, -0.2) is 29.0 Å². The number of para-hydroxylation sites is 1. The molecule has 0 amide bonds. The molecular weight excluding hydrogens is 477 g/mol. The molecule has 1 aliphatic heterocycles. The van der Waals surface area contributed by atoms with Gasteiger partial charge in [0.1, 0.15) is 24.7 Å². The number of halogens is 1. The molecule has 2 heterocycles. The molecule has 1 N–H and O–H groups in total. The summed E-state index contributed by atoms with van der Waals surface area (Å²) in [6.45, 7) is 3.82. The van der Waals surface area contributed by atoms with Gasteiger partial charge in [-0.05, 0) is 55.0 Å². The van der Waals surface area contributed by atoms with Crippen molar-refractivity contribution in [3.8, 4) is 11.5 Å². The minimum absolute atomic E-state index is 0.0203. The van der Waals surface area contributed by atoms with Crippen LogP contribution in [0.5, 0.6) is 11.5 Å². The molecule has 4 aromatic rings. The number of rotatable bonds is 6. The fraction of sp³-hybridized carbons (Fsp3) is 0.143. The van der Waals surface area contributed by atoms with Gasteiger partial charge in [0.05, 0.1) is 28.6 Å². The smallest absolute Gasteiger partial charge is 0.312 e. The standard InChI is InChI=1S/C28H22FN3O5/c1-2-31-15-18(27-22(16-31)26(28(33)34)21-5-3-4-6-23(21)30-27)13-17-7-12-25(24(14-17)32(35)36)37-20-10-8-19(29)9-11-20/h3-14H,2,15-16H2,1H3,(H,33,34)/b18-13+. The number of carbonyl (C=O) groups is 1. The number of aromatic nitrogens is 1. The monoisotopic (exact) mass is 499 g/mol. The Labute approximate surface area is 211 Å². The molecule has 1 aromatic heterocycles. The highest BCUT2D eigenvalue weighted by molar-refractivity contribution is 6.05. The SMILES string of the molecule is CC[NH+]1C/C(=C\c2ccc(Oc3ccc(F)cc3)c([N+](=O)[O-])c2)c2nc3ccccc3c(C(=O)[O-])c2C1. The third-order valence-corrected chi connectivity index (χ3v) is 6.43. The average molecular weight is 499 g/mol. The van der Waals surface area contributed by atoms with Crippen LogP contribution >= 0.6 is 0 Å². The molecule has 1 aliphatic rings. The summed E-state index contributed by atoms with van der Waals surface area (Å²) in [4.78, 5) is 29.4. The van der Waals surface area contributed by atoms with Crippen molar-refractivity contribution in [2.24, 2.45) is 0 Å². The predicted octanol–water partition coefficient (Wildman–Crippen LogP) is 3.40. The number of likely N-dealkylation sites (N-methyl/N-ethyl adjacent to an activating group) is 1. The van der Waals surface area contributed by atoms with Crippen molar-refractivity contribution in [1.29, 1.82) is 0 Å². The molecule has 0 radical (unpaired) electrons. The molecule has 1 atom stereocenters. The Hall–Kier alpha value is -4.63.